The summed E-state index contributed by atoms with van der Waals surface area (Å²) >= 11 is 0. The molecular weight excluding hydrogens is 354 g/mol. The number of aryl methyl sites for hydroxylation is 1. The van der Waals surface area contributed by atoms with Crippen LogP contribution in [0.5, 0.6) is 5.88 Å². The predicted molar refractivity (Wildman–Crippen MR) is 105 cm³/mol. The Labute approximate surface area is 163 Å². The third-order valence-electron chi connectivity index (χ3n) is 5.75. The minimum absolute atomic E-state index is 0.0680. The number of amides is 1. The van der Waals surface area contributed by atoms with Gasteiger partial charge in [-0.1, -0.05) is 24.3 Å². The number of aromatic nitrogens is 2. The van der Waals surface area contributed by atoms with E-state index in [1.165, 1.54) is 0 Å². The molecule has 0 N–H and O–H groups in total. The van der Waals surface area contributed by atoms with Gasteiger partial charge in [0.2, 0.25) is 5.88 Å². The maximum Gasteiger partial charge on any atom is 0.256 e. The van der Waals surface area contributed by atoms with E-state index in [2.05, 4.69) is 4.98 Å². The fourth-order valence-electron chi connectivity index (χ4n) is 4.37. The Morgan fingerprint density at radius 1 is 1.21 bits per heavy atom. The Kier molecular flexibility index (Phi) is 4.09. The molecule has 2 aliphatic heterocycles. The van der Waals surface area contributed by atoms with Crippen LogP contribution in [-0.2, 0) is 11.8 Å². The van der Waals surface area contributed by atoms with E-state index in [1.54, 1.807) is 6.20 Å². The van der Waals surface area contributed by atoms with E-state index in [0.717, 1.165) is 29.3 Å². The monoisotopic (exact) mass is 377 g/mol. The zero-order valence-corrected chi connectivity index (χ0v) is 15.9. The molecule has 0 aliphatic carbocycles. The second kappa shape index (κ2) is 6.63. The molecule has 1 spiro atoms. The standard InChI is InChI=1S/C22H23N3O3/c1-24-13-18(17-6-2-3-7-19(17)24)21(26)25-14-22(15-25)12-16(9-11-27-22)28-20-8-4-5-10-23-20/h2-8,10,13,16H,9,11-12,14-15H2,1H3/t16-/m1/s1. The maximum absolute atomic E-state index is 13.1. The largest absolute Gasteiger partial charge is 0.474 e. The fourth-order valence-corrected chi connectivity index (χ4v) is 4.37. The lowest BCUT2D eigenvalue weighted by molar-refractivity contribution is -0.174. The zero-order chi connectivity index (χ0) is 19.1. The first-order chi connectivity index (χ1) is 13.6. The van der Waals surface area contributed by atoms with E-state index in [4.69, 9.17) is 9.47 Å². The van der Waals surface area contributed by atoms with Gasteiger partial charge < -0.3 is 18.9 Å². The number of hydrogen-bond donors (Lipinski definition) is 0. The van der Waals surface area contributed by atoms with E-state index in [1.807, 2.05) is 65.2 Å². The third kappa shape index (κ3) is 2.94. The summed E-state index contributed by atoms with van der Waals surface area (Å²) in [6, 6.07) is 13.7. The number of benzene rings is 1. The summed E-state index contributed by atoms with van der Waals surface area (Å²) in [6.45, 7) is 1.86. The van der Waals surface area contributed by atoms with E-state index in [9.17, 15) is 4.79 Å². The number of hydrogen-bond acceptors (Lipinski definition) is 4. The molecule has 144 valence electrons. The molecule has 6 heteroatoms. The average Bonchev–Trinajstić information content (AvgIpc) is 3.04. The van der Waals surface area contributed by atoms with Crippen LogP contribution in [-0.4, -0.2) is 51.8 Å². The van der Waals surface area contributed by atoms with Crippen molar-refractivity contribution >= 4 is 16.8 Å². The van der Waals surface area contributed by atoms with Crippen LogP contribution in [0.2, 0.25) is 0 Å². The molecule has 28 heavy (non-hydrogen) atoms. The Morgan fingerprint density at radius 2 is 2.04 bits per heavy atom. The molecule has 1 atom stereocenters. The minimum Gasteiger partial charge on any atom is -0.474 e. The molecule has 1 amide bonds. The number of rotatable bonds is 3. The van der Waals surface area contributed by atoms with E-state index >= 15 is 0 Å². The number of likely N-dealkylation sites (tertiary alicyclic amines) is 1. The molecule has 4 heterocycles. The number of ether oxygens (including phenoxy) is 2. The van der Waals surface area contributed by atoms with Gasteiger partial charge in [0.15, 0.2) is 0 Å². The van der Waals surface area contributed by atoms with Crippen molar-refractivity contribution in [2.75, 3.05) is 19.7 Å². The zero-order valence-electron chi connectivity index (χ0n) is 15.9. The first-order valence-electron chi connectivity index (χ1n) is 9.69. The van der Waals surface area contributed by atoms with Gasteiger partial charge in [-0.3, -0.25) is 4.79 Å². The molecular formula is C22H23N3O3. The van der Waals surface area contributed by atoms with Crippen molar-refractivity contribution in [2.24, 2.45) is 7.05 Å². The molecule has 2 fully saturated rings. The molecule has 3 aromatic rings. The summed E-state index contributed by atoms with van der Waals surface area (Å²) < 4.78 is 14.1. The quantitative estimate of drug-likeness (QED) is 0.704. The lowest BCUT2D eigenvalue weighted by Gasteiger charge is -2.52. The highest BCUT2D eigenvalue weighted by Crippen LogP contribution is 2.37. The molecule has 0 radical (unpaired) electrons. The summed E-state index contributed by atoms with van der Waals surface area (Å²) in [6.07, 6.45) is 5.35. The van der Waals surface area contributed by atoms with Crippen LogP contribution in [0.15, 0.2) is 54.9 Å². The van der Waals surface area contributed by atoms with Crippen LogP contribution in [0.3, 0.4) is 0 Å². The summed E-state index contributed by atoms with van der Waals surface area (Å²) in [4.78, 5) is 19.2. The van der Waals surface area contributed by atoms with Gasteiger partial charge in [-0.15, -0.1) is 0 Å². The van der Waals surface area contributed by atoms with Crippen molar-refractivity contribution in [3.63, 3.8) is 0 Å². The van der Waals surface area contributed by atoms with Crippen LogP contribution in [0.25, 0.3) is 10.9 Å². The predicted octanol–water partition coefficient (Wildman–Crippen LogP) is 3.03. The minimum atomic E-state index is -0.294. The summed E-state index contributed by atoms with van der Waals surface area (Å²) in [5.74, 6) is 0.714. The lowest BCUT2D eigenvalue weighted by atomic mass is 9.84. The molecule has 0 saturated carbocycles. The number of carbonyl (C=O) groups excluding carboxylic acids is 1. The number of pyridine rings is 1. The van der Waals surface area contributed by atoms with Gasteiger partial charge in [0.05, 0.1) is 25.3 Å². The van der Waals surface area contributed by atoms with Gasteiger partial charge in [0, 0.05) is 49.3 Å². The van der Waals surface area contributed by atoms with Crippen molar-refractivity contribution in [3.8, 4) is 5.88 Å². The van der Waals surface area contributed by atoms with E-state index in [-0.39, 0.29) is 17.6 Å². The fraction of sp³-hybridized carbons (Fsp3) is 0.364. The number of fused-ring (bicyclic) bond motifs is 1. The Hall–Kier alpha value is -2.86. The van der Waals surface area contributed by atoms with Gasteiger partial charge in [-0.05, 0) is 12.1 Å². The molecule has 2 aliphatic rings. The normalized spacial score (nSPS) is 20.9. The van der Waals surface area contributed by atoms with Crippen LogP contribution < -0.4 is 4.74 Å². The SMILES string of the molecule is Cn1cc(C(=O)N2CC3(C[C@H](Oc4ccccn4)CCO3)C2)c2ccccc21. The van der Waals surface area contributed by atoms with Crippen LogP contribution >= 0.6 is 0 Å². The smallest absolute Gasteiger partial charge is 0.256 e. The van der Waals surface area contributed by atoms with Crippen LogP contribution in [0.1, 0.15) is 23.2 Å². The number of carbonyl (C=O) groups is 1. The topological polar surface area (TPSA) is 56.6 Å². The molecule has 5 rings (SSSR count). The average molecular weight is 377 g/mol. The third-order valence-corrected chi connectivity index (χ3v) is 5.75. The van der Waals surface area contributed by atoms with Crippen molar-refractivity contribution in [1.29, 1.82) is 0 Å². The Bertz CT molecular complexity index is 1010. The maximum atomic E-state index is 13.1. The second-order valence-electron chi connectivity index (χ2n) is 7.76. The number of para-hydroxylation sites is 1. The van der Waals surface area contributed by atoms with E-state index in [0.29, 0.717) is 25.6 Å². The molecule has 1 aromatic carbocycles. The molecule has 2 aromatic heterocycles. The van der Waals surface area contributed by atoms with Crippen LogP contribution in [0, 0.1) is 0 Å². The molecule has 0 bridgehead atoms. The highest BCUT2D eigenvalue weighted by Gasteiger charge is 2.50. The van der Waals surface area contributed by atoms with Gasteiger partial charge in [-0.25, -0.2) is 4.98 Å². The first-order valence-corrected chi connectivity index (χ1v) is 9.69. The van der Waals surface area contributed by atoms with E-state index < -0.39 is 0 Å². The Balaban J connectivity index is 1.27. The van der Waals surface area contributed by atoms with Crippen molar-refractivity contribution in [2.45, 2.75) is 24.5 Å². The van der Waals surface area contributed by atoms with Crippen LogP contribution in [0.4, 0.5) is 0 Å². The molecule has 0 unspecified atom stereocenters. The van der Waals surface area contributed by atoms with Crippen molar-refractivity contribution in [3.05, 3.63) is 60.4 Å². The first kappa shape index (κ1) is 17.3. The summed E-state index contributed by atoms with van der Waals surface area (Å²) in [7, 11) is 1.97. The highest BCUT2D eigenvalue weighted by molar-refractivity contribution is 6.07. The second-order valence-corrected chi connectivity index (χ2v) is 7.76. The van der Waals surface area contributed by atoms with Gasteiger partial charge in [0.25, 0.3) is 5.91 Å². The van der Waals surface area contributed by atoms with Gasteiger partial charge in [0.1, 0.15) is 11.7 Å². The van der Waals surface area contributed by atoms with Crippen molar-refractivity contribution < 1.29 is 14.3 Å². The molecule has 6 nitrogen and oxygen atoms in total. The number of nitrogens with zero attached hydrogens (tertiary/aromatic N) is 3. The van der Waals surface area contributed by atoms with Gasteiger partial charge in [-0.2, -0.15) is 0 Å². The summed E-state index contributed by atoms with van der Waals surface area (Å²) in [5, 5.41) is 0.997. The van der Waals surface area contributed by atoms with Crippen molar-refractivity contribution in [1.82, 2.24) is 14.5 Å². The lowest BCUT2D eigenvalue weighted by Crippen LogP contribution is -2.67. The molecule has 2 saturated heterocycles. The highest BCUT2D eigenvalue weighted by atomic mass is 16.5. The van der Waals surface area contributed by atoms with Gasteiger partial charge >= 0.3 is 0 Å². The summed E-state index contributed by atoms with van der Waals surface area (Å²) in [5.41, 5.74) is 1.53. The Morgan fingerprint density at radius 3 is 2.86 bits per heavy atom.